The van der Waals surface area contributed by atoms with Crippen molar-refractivity contribution in [2.24, 2.45) is 5.92 Å². The first-order valence-corrected chi connectivity index (χ1v) is 6.85. The largest absolute Gasteiger partial charge is 0.378 e. The molecule has 3 rings (SSSR count). The summed E-state index contributed by atoms with van der Waals surface area (Å²) >= 11 is 0. The minimum absolute atomic E-state index is 0.0986. The van der Waals surface area contributed by atoms with E-state index < -0.39 is 0 Å². The number of rotatable bonds is 3. The van der Waals surface area contributed by atoms with Crippen molar-refractivity contribution >= 4 is 17.5 Å². The van der Waals surface area contributed by atoms with Crippen LogP contribution in [-0.4, -0.2) is 48.7 Å². The van der Waals surface area contributed by atoms with Gasteiger partial charge in [-0.15, -0.1) is 6.58 Å². The van der Waals surface area contributed by atoms with E-state index >= 15 is 0 Å². The van der Waals surface area contributed by atoms with Gasteiger partial charge in [0, 0.05) is 38.0 Å². The van der Waals surface area contributed by atoms with Crippen LogP contribution < -0.4 is 9.80 Å². The first-order valence-electron chi connectivity index (χ1n) is 6.85. The van der Waals surface area contributed by atoms with Crippen LogP contribution in [0.4, 0.5) is 11.6 Å². The molecule has 0 radical (unpaired) electrons. The number of morpholine rings is 1. The fourth-order valence-corrected chi connectivity index (χ4v) is 2.56. The van der Waals surface area contributed by atoms with E-state index in [-0.39, 0.29) is 11.8 Å². The van der Waals surface area contributed by atoms with E-state index in [4.69, 9.17) is 4.74 Å². The quantitative estimate of drug-likeness (QED) is 0.765. The van der Waals surface area contributed by atoms with Crippen molar-refractivity contribution in [3.8, 4) is 0 Å². The SMILES string of the molecule is C=CC1CC(=O)N(c2cc(N3CCOCC3)ncn2)C1. The lowest BCUT2D eigenvalue weighted by molar-refractivity contribution is -0.117. The number of hydrogen-bond acceptors (Lipinski definition) is 5. The predicted octanol–water partition coefficient (Wildman–Crippen LogP) is 0.852. The van der Waals surface area contributed by atoms with E-state index in [2.05, 4.69) is 21.4 Å². The van der Waals surface area contributed by atoms with Crippen LogP contribution in [0, 0.1) is 5.92 Å². The molecule has 6 heteroatoms. The Labute approximate surface area is 118 Å². The van der Waals surface area contributed by atoms with Gasteiger partial charge in [0.05, 0.1) is 13.2 Å². The number of amides is 1. The van der Waals surface area contributed by atoms with Gasteiger partial charge in [-0.3, -0.25) is 9.69 Å². The van der Waals surface area contributed by atoms with E-state index in [1.54, 1.807) is 4.90 Å². The summed E-state index contributed by atoms with van der Waals surface area (Å²) in [5.41, 5.74) is 0. The minimum Gasteiger partial charge on any atom is -0.378 e. The van der Waals surface area contributed by atoms with E-state index in [0.29, 0.717) is 32.0 Å². The standard InChI is InChI=1S/C14H18N4O2/c1-2-11-7-14(19)18(9-11)13-8-12(15-10-16-13)17-3-5-20-6-4-17/h2,8,10-11H,1,3-7,9H2. The number of hydrogen-bond donors (Lipinski definition) is 0. The molecule has 0 aromatic carbocycles. The molecular formula is C14H18N4O2. The average Bonchev–Trinajstić information content (AvgIpc) is 2.89. The summed E-state index contributed by atoms with van der Waals surface area (Å²) in [4.78, 5) is 24.4. The van der Waals surface area contributed by atoms with Gasteiger partial charge >= 0.3 is 0 Å². The highest BCUT2D eigenvalue weighted by Gasteiger charge is 2.30. The van der Waals surface area contributed by atoms with Crippen LogP contribution in [0.25, 0.3) is 0 Å². The lowest BCUT2D eigenvalue weighted by Crippen LogP contribution is -2.37. The van der Waals surface area contributed by atoms with Crippen molar-refractivity contribution in [3.63, 3.8) is 0 Å². The molecule has 1 atom stereocenters. The van der Waals surface area contributed by atoms with Crippen molar-refractivity contribution < 1.29 is 9.53 Å². The third-order valence-electron chi connectivity index (χ3n) is 3.74. The normalized spacial score (nSPS) is 23.2. The monoisotopic (exact) mass is 274 g/mol. The van der Waals surface area contributed by atoms with Crippen LogP contribution in [0.15, 0.2) is 25.0 Å². The fraction of sp³-hybridized carbons (Fsp3) is 0.500. The second kappa shape index (κ2) is 5.58. The van der Waals surface area contributed by atoms with Gasteiger partial charge in [0.15, 0.2) is 0 Å². The Balaban J connectivity index is 1.80. The van der Waals surface area contributed by atoms with E-state index in [1.807, 2.05) is 12.1 Å². The lowest BCUT2D eigenvalue weighted by atomic mass is 10.1. The molecule has 1 amide bonds. The van der Waals surface area contributed by atoms with Crippen molar-refractivity contribution in [2.45, 2.75) is 6.42 Å². The number of nitrogens with zero attached hydrogens (tertiary/aromatic N) is 4. The van der Waals surface area contributed by atoms with Gasteiger partial charge in [0.2, 0.25) is 5.91 Å². The maximum atomic E-state index is 12.0. The molecule has 3 heterocycles. The highest BCUT2D eigenvalue weighted by Crippen LogP contribution is 2.26. The number of anilines is 2. The zero-order chi connectivity index (χ0) is 13.9. The van der Waals surface area contributed by atoms with Crippen molar-refractivity contribution in [2.75, 3.05) is 42.6 Å². The molecule has 0 spiro atoms. The Morgan fingerprint density at radius 1 is 1.30 bits per heavy atom. The van der Waals surface area contributed by atoms with Crippen molar-refractivity contribution in [3.05, 3.63) is 25.0 Å². The maximum absolute atomic E-state index is 12.0. The van der Waals surface area contributed by atoms with Crippen molar-refractivity contribution in [1.29, 1.82) is 0 Å². The second-order valence-electron chi connectivity index (χ2n) is 5.04. The minimum atomic E-state index is 0.0986. The Kier molecular flexibility index (Phi) is 3.64. The molecule has 20 heavy (non-hydrogen) atoms. The molecule has 6 nitrogen and oxygen atoms in total. The predicted molar refractivity (Wildman–Crippen MR) is 75.7 cm³/mol. The molecule has 2 fully saturated rings. The second-order valence-corrected chi connectivity index (χ2v) is 5.04. The smallest absolute Gasteiger partial charge is 0.228 e. The molecule has 0 aliphatic carbocycles. The Hall–Kier alpha value is -1.95. The molecule has 0 N–H and O–H groups in total. The Bertz CT molecular complexity index is 514. The highest BCUT2D eigenvalue weighted by molar-refractivity contribution is 5.95. The number of aromatic nitrogens is 2. The number of carbonyl (C=O) groups is 1. The molecule has 1 aromatic heterocycles. The van der Waals surface area contributed by atoms with Crippen LogP contribution in [0.1, 0.15) is 6.42 Å². The molecule has 1 unspecified atom stereocenters. The van der Waals surface area contributed by atoms with E-state index in [0.717, 1.165) is 18.9 Å². The van der Waals surface area contributed by atoms with Gasteiger partial charge in [-0.2, -0.15) is 0 Å². The first kappa shape index (κ1) is 13.1. The molecule has 2 saturated heterocycles. The summed E-state index contributed by atoms with van der Waals surface area (Å²) in [5.74, 6) is 1.84. The summed E-state index contributed by atoms with van der Waals surface area (Å²) in [5, 5.41) is 0. The third-order valence-corrected chi connectivity index (χ3v) is 3.74. The van der Waals surface area contributed by atoms with Crippen molar-refractivity contribution in [1.82, 2.24) is 9.97 Å². The zero-order valence-electron chi connectivity index (χ0n) is 11.4. The average molecular weight is 274 g/mol. The zero-order valence-corrected chi connectivity index (χ0v) is 11.4. The van der Waals surface area contributed by atoms with Gasteiger partial charge in [0.1, 0.15) is 18.0 Å². The van der Waals surface area contributed by atoms with Crippen LogP contribution >= 0.6 is 0 Å². The van der Waals surface area contributed by atoms with E-state index in [9.17, 15) is 4.79 Å². The molecule has 2 aliphatic rings. The van der Waals surface area contributed by atoms with Gasteiger partial charge in [-0.25, -0.2) is 9.97 Å². The van der Waals surface area contributed by atoms with Gasteiger partial charge in [-0.05, 0) is 0 Å². The number of carbonyl (C=O) groups excluding carboxylic acids is 1. The molecule has 0 bridgehead atoms. The number of ether oxygens (including phenoxy) is 1. The molecule has 2 aliphatic heterocycles. The molecule has 1 aromatic rings. The topological polar surface area (TPSA) is 58.6 Å². The summed E-state index contributed by atoms with van der Waals surface area (Å²) in [6.45, 7) is 7.47. The highest BCUT2D eigenvalue weighted by atomic mass is 16.5. The first-order chi connectivity index (χ1) is 9.78. The van der Waals surface area contributed by atoms with Gasteiger partial charge < -0.3 is 9.64 Å². The lowest BCUT2D eigenvalue weighted by Gasteiger charge is -2.28. The third kappa shape index (κ3) is 2.51. The van der Waals surface area contributed by atoms with Crippen LogP contribution in [0.5, 0.6) is 0 Å². The van der Waals surface area contributed by atoms with Crippen LogP contribution in [0.2, 0.25) is 0 Å². The summed E-state index contributed by atoms with van der Waals surface area (Å²) in [6, 6.07) is 1.88. The van der Waals surface area contributed by atoms with Gasteiger partial charge in [-0.1, -0.05) is 6.08 Å². The molecule has 0 saturated carbocycles. The summed E-state index contributed by atoms with van der Waals surface area (Å²) < 4.78 is 5.34. The molecule has 106 valence electrons. The van der Waals surface area contributed by atoms with Crippen LogP contribution in [-0.2, 0) is 9.53 Å². The van der Waals surface area contributed by atoms with E-state index in [1.165, 1.54) is 6.33 Å². The summed E-state index contributed by atoms with van der Waals surface area (Å²) in [7, 11) is 0. The summed E-state index contributed by atoms with van der Waals surface area (Å²) in [6.07, 6.45) is 3.87. The fourth-order valence-electron chi connectivity index (χ4n) is 2.56. The Morgan fingerprint density at radius 3 is 2.75 bits per heavy atom. The Morgan fingerprint density at radius 2 is 2.05 bits per heavy atom. The van der Waals surface area contributed by atoms with Crippen LogP contribution in [0.3, 0.4) is 0 Å². The van der Waals surface area contributed by atoms with Gasteiger partial charge in [0.25, 0.3) is 0 Å². The molecular weight excluding hydrogens is 256 g/mol. The maximum Gasteiger partial charge on any atom is 0.228 e.